The maximum atomic E-state index is 12.4. The van der Waals surface area contributed by atoms with E-state index < -0.39 is 0 Å². The molecule has 0 unspecified atom stereocenters. The van der Waals surface area contributed by atoms with Crippen molar-refractivity contribution in [2.75, 3.05) is 18.0 Å². The Morgan fingerprint density at radius 1 is 1.21 bits per heavy atom. The normalized spacial score (nSPS) is 16.4. The number of H-pyrrole nitrogens is 1. The minimum absolute atomic E-state index is 0.0691. The Bertz CT molecular complexity index is 949. The second kappa shape index (κ2) is 8.07. The Labute approximate surface area is 169 Å². The molecular formula is C22H23ClN4O. The van der Waals surface area contributed by atoms with Crippen molar-refractivity contribution in [1.29, 1.82) is 0 Å². The zero-order valence-corrected chi connectivity index (χ0v) is 16.5. The number of benzene rings is 2. The summed E-state index contributed by atoms with van der Waals surface area (Å²) in [6, 6.07) is 18.0. The standard InChI is InChI=1S/C22H23ClN4O/c1-15-2-4-16(5-3-15)12-22(28)24-19-10-11-27(14-19)21-13-20(25-26-21)17-6-8-18(23)9-7-17/h2-9,13,19H,10-12,14H2,1H3,(H,24,28)(H,25,26)/t19-/m1/s1. The summed E-state index contributed by atoms with van der Waals surface area (Å²) in [7, 11) is 0. The fourth-order valence-corrected chi connectivity index (χ4v) is 3.63. The van der Waals surface area contributed by atoms with Gasteiger partial charge in [0, 0.05) is 30.2 Å². The minimum atomic E-state index is 0.0691. The number of anilines is 1. The van der Waals surface area contributed by atoms with Gasteiger partial charge in [-0.15, -0.1) is 0 Å². The number of hydrogen-bond acceptors (Lipinski definition) is 3. The predicted molar refractivity (Wildman–Crippen MR) is 113 cm³/mol. The lowest BCUT2D eigenvalue weighted by Gasteiger charge is -2.16. The molecule has 0 aliphatic carbocycles. The molecule has 1 fully saturated rings. The molecule has 1 amide bonds. The lowest BCUT2D eigenvalue weighted by atomic mass is 10.1. The van der Waals surface area contributed by atoms with Crippen molar-refractivity contribution in [3.05, 3.63) is 70.7 Å². The monoisotopic (exact) mass is 394 g/mol. The molecule has 2 heterocycles. The van der Waals surface area contributed by atoms with Crippen molar-refractivity contribution >= 4 is 23.3 Å². The smallest absolute Gasteiger partial charge is 0.224 e. The number of aromatic nitrogens is 2. The van der Waals surface area contributed by atoms with Gasteiger partial charge in [0.05, 0.1) is 12.1 Å². The first-order valence-corrected chi connectivity index (χ1v) is 9.86. The topological polar surface area (TPSA) is 61.0 Å². The van der Waals surface area contributed by atoms with Crippen molar-refractivity contribution in [1.82, 2.24) is 15.5 Å². The number of carbonyl (C=O) groups excluding carboxylic acids is 1. The Balaban J connectivity index is 1.33. The van der Waals surface area contributed by atoms with Gasteiger partial charge in [-0.05, 0) is 36.6 Å². The molecule has 1 aromatic heterocycles. The number of halogens is 1. The molecule has 2 N–H and O–H groups in total. The average Bonchev–Trinajstić information content (AvgIpc) is 3.34. The van der Waals surface area contributed by atoms with Gasteiger partial charge in [-0.3, -0.25) is 9.89 Å². The van der Waals surface area contributed by atoms with E-state index >= 15 is 0 Å². The number of rotatable bonds is 5. The SMILES string of the molecule is Cc1ccc(CC(=O)N[C@@H]2CCN(c3cc(-c4ccc(Cl)cc4)[nH]n3)C2)cc1. The molecular weight excluding hydrogens is 372 g/mol. The van der Waals surface area contributed by atoms with E-state index in [1.54, 1.807) is 0 Å². The van der Waals surface area contributed by atoms with Crippen LogP contribution in [0.2, 0.25) is 5.02 Å². The van der Waals surface area contributed by atoms with E-state index in [1.165, 1.54) is 5.56 Å². The number of aryl methyl sites for hydroxylation is 1. The van der Waals surface area contributed by atoms with E-state index in [0.29, 0.717) is 11.4 Å². The fraction of sp³-hybridized carbons (Fsp3) is 0.273. The van der Waals surface area contributed by atoms with Crippen molar-refractivity contribution in [3.63, 3.8) is 0 Å². The number of nitrogens with zero attached hydrogens (tertiary/aromatic N) is 2. The van der Waals surface area contributed by atoms with Crippen molar-refractivity contribution in [3.8, 4) is 11.3 Å². The van der Waals surface area contributed by atoms with Crippen molar-refractivity contribution in [2.24, 2.45) is 0 Å². The third kappa shape index (κ3) is 4.37. The molecule has 28 heavy (non-hydrogen) atoms. The van der Waals surface area contributed by atoms with Crippen LogP contribution < -0.4 is 10.2 Å². The third-order valence-electron chi connectivity index (χ3n) is 5.08. The van der Waals surface area contributed by atoms with Crippen LogP contribution >= 0.6 is 11.6 Å². The molecule has 3 aromatic rings. The highest BCUT2D eigenvalue weighted by Crippen LogP contribution is 2.25. The predicted octanol–water partition coefficient (Wildman–Crippen LogP) is 3.98. The van der Waals surface area contributed by atoms with E-state index in [1.807, 2.05) is 61.5 Å². The Hall–Kier alpha value is -2.79. The maximum Gasteiger partial charge on any atom is 0.224 e. The molecule has 1 saturated heterocycles. The zero-order valence-electron chi connectivity index (χ0n) is 15.8. The van der Waals surface area contributed by atoms with Gasteiger partial charge in [0.2, 0.25) is 5.91 Å². The van der Waals surface area contributed by atoms with Crippen molar-refractivity contribution in [2.45, 2.75) is 25.8 Å². The van der Waals surface area contributed by atoms with E-state index in [2.05, 4.69) is 20.4 Å². The minimum Gasteiger partial charge on any atom is -0.353 e. The molecule has 1 atom stereocenters. The van der Waals surface area contributed by atoms with Crippen molar-refractivity contribution < 1.29 is 4.79 Å². The van der Waals surface area contributed by atoms with Crippen LogP contribution in [0.25, 0.3) is 11.3 Å². The molecule has 2 aromatic carbocycles. The molecule has 4 rings (SSSR count). The molecule has 1 aliphatic rings. The van der Waals surface area contributed by atoms with Crippen LogP contribution in [0.15, 0.2) is 54.6 Å². The quantitative estimate of drug-likeness (QED) is 0.688. The van der Waals surface area contributed by atoms with Gasteiger partial charge in [-0.2, -0.15) is 5.10 Å². The summed E-state index contributed by atoms with van der Waals surface area (Å²) in [5.41, 5.74) is 4.24. The first kappa shape index (κ1) is 18.6. The highest BCUT2D eigenvalue weighted by molar-refractivity contribution is 6.30. The summed E-state index contributed by atoms with van der Waals surface area (Å²) in [5.74, 6) is 0.972. The van der Waals surface area contributed by atoms with Crippen LogP contribution in [0.5, 0.6) is 0 Å². The molecule has 0 saturated carbocycles. The maximum absolute atomic E-state index is 12.4. The highest BCUT2D eigenvalue weighted by atomic mass is 35.5. The van der Waals surface area contributed by atoms with Crippen LogP contribution in [0, 0.1) is 6.92 Å². The van der Waals surface area contributed by atoms with Gasteiger partial charge in [0.1, 0.15) is 0 Å². The molecule has 1 aliphatic heterocycles. The van der Waals surface area contributed by atoms with Gasteiger partial charge >= 0.3 is 0 Å². The van der Waals surface area contributed by atoms with E-state index in [9.17, 15) is 4.79 Å². The lowest BCUT2D eigenvalue weighted by molar-refractivity contribution is -0.121. The summed E-state index contributed by atoms with van der Waals surface area (Å²) < 4.78 is 0. The molecule has 0 spiro atoms. The highest BCUT2D eigenvalue weighted by Gasteiger charge is 2.25. The zero-order chi connectivity index (χ0) is 19.5. The van der Waals surface area contributed by atoms with E-state index in [4.69, 9.17) is 11.6 Å². The summed E-state index contributed by atoms with van der Waals surface area (Å²) in [6.45, 7) is 3.69. The second-order valence-corrected chi connectivity index (χ2v) is 7.74. The van der Waals surface area contributed by atoms with E-state index in [-0.39, 0.29) is 11.9 Å². The number of hydrogen-bond donors (Lipinski definition) is 2. The third-order valence-corrected chi connectivity index (χ3v) is 5.33. The Morgan fingerprint density at radius 3 is 2.71 bits per heavy atom. The molecule has 6 heteroatoms. The summed E-state index contributed by atoms with van der Waals surface area (Å²) in [5, 5.41) is 11.4. The van der Waals surface area contributed by atoms with E-state index in [0.717, 1.165) is 42.1 Å². The van der Waals surface area contributed by atoms with Crippen LogP contribution in [0.3, 0.4) is 0 Å². The molecule has 0 bridgehead atoms. The average molecular weight is 395 g/mol. The van der Waals surface area contributed by atoms with Gasteiger partial charge < -0.3 is 10.2 Å². The lowest BCUT2D eigenvalue weighted by Crippen LogP contribution is -2.38. The van der Waals surface area contributed by atoms with Gasteiger partial charge in [0.15, 0.2) is 5.82 Å². The first-order valence-electron chi connectivity index (χ1n) is 9.48. The van der Waals surface area contributed by atoms with Crippen LogP contribution in [0.1, 0.15) is 17.5 Å². The number of carbonyl (C=O) groups is 1. The molecule has 0 radical (unpaired) electrons. The Kier molecular flexibility index (Phi) is 5.35. The Morgan fingerprint density at radius 2 is 1.96 bits per heavy atom. The largest absolute Gasteiger partial charge is 0.353 e. The first-order chi connectivity index (χ1) is 13.6. The summed E-state index contributed by atoms with van der Waals surface area (Å²) >= 11 is 5.95. The summed E-state index contributed by atoms with van der Waals surface area (Å²) in [6.07, 6.45) is 1.34. The van der Waals surface area contributed by atoms with Crippen LogP contribution in [0.4, 0.5) is 5.82 Å². The van der Waals surface area contributed by atoms with Gasteiger partial charge in [-0.1, -0.05) is 53.6 Å². The second-order valence-electron chi connectivity index (χ2n) is 7.31. The number of nitrogens with one attached hydrogen (secondary N) is 2. The van der Waals surface area contributed by atoms with Gasteiger partial charge in [-0.25, -0.2) is 0 Å². The molecule has 144 valence electrons. The van der Waals surface area contributed by atoms with Gasteiger partial charge in [0.25, 0.3) is 0 Å². The fourth-order valence-electron chi connectivity index (χ4n) is 3.51. The molecule has 5 nitrogen and oxygen atoms in total. The number of aromatic amines is 1. The summed E-state index contributed by atoms with van der Waals surface area (Å²) in [4.78, 5) is 14.6. The van der Waals surface area contributed by atoms with Crippen LogP contribution in [-0.2, 0) is 11.2 Å². The van der Waals surface area contributed by atoms with Crippen LogP contribution in [-0.4, -0.2) is 35.2 Å². The number of amides is 1.